The fourth-order valence-electron chi connectivity index (χ4n) is 2.42. The Balaban J connectivity index is 1.76. The summed E-state index contributed by atoms with van der Waals surface area (Å²) >= 11 is 5.26. The number of rotatable bonds is 6. The maximum absolute atomic E-state index is 5.78. The third kappa shape index (κ3) is 6.30. The second kappa shape index (κ2) is 9.08. The summed E-state index contributed by atoms with van der Waals surface area (Å²) < 4.78 is 11.4. The fraction of sp³-hybridized carbons (Fsp3) is 0.588. The molecule has 0 aliphatic carbocycles. The maximum atomic E-state index is 5.78. The standard InChI is InChI=1S/C17H26N2O2S/c1-13(2)18-17(22)19-15-7-5-6-14(10-15)11-20-12-16-8-3-4-9-21-16/h5-7,10,13,16H,3-4,8-9,11-12H2,1-2H3,(H2,18,19,22)/t16-/m1/s1. The molecule has 1 fully saturated rings. The molecule has 0 spiro atoms. The summed E-state index contributed by atoms with van der Waals surface area (Å²) in [6, 6.07) is 8.46. The summed E-state index contributed by atoms with van der Waals surface area (Å²) in [7, 11) is 0. The molecule has 2 N–H and O–H groups in total. The lowest BCUT2D eigenvalue weighted by Crippen LogP contribution is -2.33. The van der Waals surface area contributed by atoms with E-state index in [2.05, 4.69) is 36.6 Å². The highest BCUT2D eigenvalue weighted by Gasteiger charge is 2.13. The Hall–Kier alpha value is -1.17. The lowest BCUT2D eigenvalue weighted by atomic mass is 10.1. The summed E-state index contributed by atoms with van der Waals surface area (Å²) in [5.41, 5.74) is 2.11. The lowest BCUT2D eigenvalue weighted by molar-refractivity contribution is -0.0447. The van der Waals surface area contributed by atoms with Crippen molar-refractivity contribution in [1.82, 2.24) is 5.32 Å². The van der Waals surface area contributed by atoms with Gasteiger partial charge in [0.05, 0.1) is 19.3 Å². The number of hydrogen-bond acceptors (Lipinski definition) is 3. The number of benzene rings is 1. The minimum absolute atomic E-state index is 0.262. The smallest absolute Gasteiger partial charge is 0.170 e. The van der Waals surface area contributed by atoms with Gasteiger partial charge in [0.25, 0.3) is 0 Å². The van der Waals surface area contributed by atoms with Crippen molar-refractivity contribution >= 4 is 23.0 Å². The highest BCUT2D eigenvalue weighted by Crippen LogP contribution is 2.15. The van der Waals surface area contributed by atoms with Gasteiger partial charge in [0.2, 0.25) is 0 Å². The number of anilines is 1. The van der Waals surface area contributed by atoms with Crippen molar-refractivity contribution in [2.75, 3.05) is 18.5 Å². The molecule has 0 amide bonds. The van der Waals surface area contributed by atoms with Gasteiger partial charge in [-0.1, -0.05) is 12.1 Å². The highest BCUT2D eigenvalue weighted by atomic mass is 32.1. The van der Waals surface area contributed by atoms with E-state index in [1.54, 1.807) is 0 Å². The Morgan fingerprint density at radius 3 is 3.00 bits per heavy atom. The van der Waals surface area contributed by atoms with Crippen molar-refractivity contribution in [3.63, 3.8) is 0 Å². The van der Waals surface area contributed by atoms with Gasteiger partial charge in [-0.05, 0) is 63.0 Å². The molecule has 1 saturated heterocycles. The molecule has 0 radical (unpaired) electrons. The first-order valence-corrected chi connectivity index (χ1v) is 8.40. The van der Waals surface area contributed by atoms with Crippen LogP contribution in [0.3, 0.4) is 0 Å². The monoisotopic (exact) mass is 322 g/mol. The molecule has 1 heterocycles. The third-order valence-electron chi connectivity index (χ3n) is 3.45. The van der Waals surface area contributed by atoms with Gasteiger partial charge in [0.1, 0.15) is 0 Å². The molecule has 1 aromatic carbocycles. The first-order valence-electron chi connectivity index (χ1n) is 7.99. The Bertz CT molecular complexity index is 473. The molecule has 0 saturated carbocycles. The van der Waals surface area contributed by atoms with Gasteiger partial charge in [-0.2, -0.15) is 0 Å². The van der Waals surface area contributed by atoms with E-state index in [4.69, 9.17) is 21.7 Å². The molecule has 0 bridgehead atoms. The zero-order chi connectivity index (χ0) is 15.8. The van der Waals surface area contributed by atoms with Crippen molar-refractivity contribution in [3.8, 4) is 0 Å². The Morgan fingerprint density at radius 1 is 1.41 bits per heavy atom. The molecular formula is C17H26N2O2S. The van der Waals surface area contributed by atoms with E-state index in [1.807, 2.05) is 12.1 Å². The first kappa shape index (κ1) is 17.2. The second-order valence-electron chi connectivity index (χ2n) is 5.96. The van der Waals surface area contributed by atoms with Crippen LogP contribution in [0.25, 0.3) is 0 Å². The van der Waals surface area contributed by atoms with Crippen LogP contribution in [0, 0.1) is 0 Å². The average Bonchev–Trinajstić information content (AvgIpc) is 2.48. The topological polar surface area (TPSA) is 42.5 Å². The van der Waals surface area contributed by atoms with Crippen LogP contribution < -0.4 is 10.6 Å². The average molecular weight is 322 g/mol. The number of nitrogens with one attached hydrogen (secondary N) is 2. The molecule has 1 atom stereocenters. The summed E-state index contributed by atoms with van der Waals surface area (Å²) in [5, 5.41) is 7.01. The van der Waals surface area contributed by atoms with Crippen molar-refractivity contribution in [3.05, 3.63) is 29.8 Å². The largest absolute Gasteiger partial charge is 0.376 e. The van der Waals surface area contributed by atoms with Gasteiger partial charge < -0.3 is 20.1 Å². The van der Waals surface area contributed by atoms with E-state index in [0.29, 0.717) is 24.4 Å². The first-order chi connectivity index (χ1) is 10.6. The zero-order valence-electron chi connectivity index (χ0n) is 13.4. The van der Waals surface area contributed by atoms with Crippen LogP contribution in [0.1, 0.15) is 38.7 Å². The molecule has 0 aromatic heterocycles. The van der Waals surface area contributed by atoms with E-state index in [0.717, 1.165) is 24.3 Å². The molecule has 4 nitrogen and oxygen atoms in total. The molecule has 0 unspecified atom stereocenters. The molecule has 1 aromatic rings. The second-order valence-corrected chi connectivity index (χ2v) is 6.37. The van der Waals surface area contributed by atoms with Gasteiger partial charge >= 0.3 is 0 Å². The Morgan fingerprint density at radius 2 is 2.27 bits per heavy atom. The van der Waals surface area contributed by atoms with Crippen LogP contribution in [-0.4, -0.2) is 30.5 Å². The maximum Gasteiger partial charge on any atom is 0.170 e. The Kier molecular flexibility index (Phi) is 7.09. The predicted octanol–water partition coefficient (Wildman–Crippen LogP) is 3.47. The molecule has 22 heavy (non-hydrogen) atoms. The molecule has 2 rings (SSSR count). The van der Waals surface area contributed by atoms with Gasteiger partial charge in [-0.3, -0.25) is 0 Å². The molecule has 122 valence electrons. The molecular weight excluding hydrogens is 296 g/mol. The van der Waals surface area contributed by atoms with E-state index in [1.165, 1.54) is 12.8 Å². The van der Waals surface area contributed by atoms with Crippen molar-refractivity contribution in [1.29, 1.82) is 0 Å². The highest BCUT2D eigenvalue weighted by molar-refractivity contribution is 7.80. The summed E-state index contributed by atoms with van der Waals surface area (Å²) in [5.74, 6) is 0. The Labute approximate surface area is 138 Å². The number of hydrogen-bond donors (Lipinski definition) is 2. The van der Waals surface area contributed by atoms with E-state index in [-0.39, 0.29) is 6.10 Å². The molecule has 5 heteroatoms. The van der Waals surface area contributed by atoms with Crippen molar-refractivity contribution < 1.29 is 9.47 Å². The van der Waals surface area contributed by atoms with Crippen LogP contribution in [0.5, 0.6) is 0 Å². The SMILES string of the molecule is CC(C)NC(=S)Nc1cccc(COC[C@H]2CCCCO2)c1. The number of thiocarbonyl (C=S) groups is 1. The van der Waals surface area contributed by atoms with Gasteiger partial charge in [0.15, 0.2) is 5.11 Å². The van der Waals surface area contributed by atoms with Crippen LogP contribution in [-0.2, 0) is 16.1 Å². The van der Waals surface area contributed by atoms with Gasteiger partial charge in [0, 0.05) is 18.3 Å². The summed E-state index contributed by atoms with van der Waals surface area (Å²) in [4.78, 5) is 0. The van der Waals surface area contributed by atoms with E-state index in [9.17, 15) is 0 Å². The lowest BCUT2D eigenvalue weighted by Gasteiger charge is -2.22. The summed E-state index contributed by atoms with van der Waals surface area (Å²) in [6.07, 6.45) is 3.79. The minimum atomic E-state index is 0.262. The number of ether oxygens (including phenoxy) is 2. The van der Waals surface area contributed by atoms with Gasteiger partial charge in [-0.25, -0.2) is 0 Å². The minimum Gasteiger partial charge on any atom is -0.376 e. The van der Waals surface area contributed by atoms with Crippen LogP contribution in [0.4, 0.5) is 5.69 Å². The third-order valence-corrected chi connectivity index (χ3v) is 3.67. The van der Waals surface area contributed by atoms with E-state index >= 15 is 0 Å². The van der Waals surface area contributed by atoms with Crippen LogP contribution in [0.2, 0.25) is 0 Å². The van der Waals surface area contributed by atoms with Crippen LogP contribution in [0.15, 0.2) is 24.3 Å². The fourth-order valence-corrected chi connectivity index (χ4v) is 2.77. The van der Waals surface area contributed by atoms with Crippen molar-refractivity contribution in [2.45, 2.75) is 51.9 Å². The van der Waals surface area contributed by atoms with Crippen LogP contribution >= 0.6 is 12.2 Å². The summed E-state index contributed by atoms with van der Waals surface area (Å²) in [6.45, 7) is 6.26. The zero-order valence-corrected chi connectivity index (χ0v) is 14.2. The molecule has 1 aliphatic rings. The predicted molar refractivity (Wildman–Crippen MR) is 94.2 cm³/mol. The molecule has 1 aliphatic heterocycles. The van der Waals surface area contributed by atoms with Crippen molar-refractivity contribution in [2.24, 2.45) is 0 Å². The normalized spacial score (nSPS) is 18.2. The van der Waals surface area contributed by atoms with Gasteiger partial charge in [-0.15, -0.1) is 0 Å². The quantitative estimate of drug-likeness (QED) is 0.785. The van der Waals surface area contributed by atoms with E-state index < -0.39 is 0 Å².